The summed E-state index contributed by atoms with van der Waals surface area (Å²) in [5.41, 5.74) is 0.586. The zero-order chi connectivity index (χ0) is 23.7. The Morgan fingerprint density at radius 3 is 2.21 bits per heavy atom. The molecule has 2 saturated heterocycles. The predicted octanol–water partition coefficient (Wildman–Crippen LogP) is 3.52. The predicted molar refractivity (Wildman–Crippen MR) is 125 cm³/mol. The van der Waals surface area contributed by atoms with Crippen LogP contribution in [0, 0.1) is 11.6 Å². The van der Waals surface area contributed by atoms with Crippen molar-refractivity contribution in [3.8, 4) is 11.3 Å². The van der Waals surface area contributed by atoms with Crippen LogP contribution in [0.1, 0.15) is 19.3 Å². The minimum atomic E-state index is -0.962. The summed E-state index contributed by atoms with van der Waals surface area (Å²) in [6, 6.07) is 10.8. The van der Waals surface area contributed by atoms with Crippen LogP contribution in [-0.2, 0) is 6.67 Å². The van der Waals surface area contributed by atoms with E-state index in [9.17, 15) is 18.4 Å². The minimum Gasteiger partial charge on any atom is -0.325 e. The fourth-order valence-electron chi connectivity index (χ4n) is 4.74. The summed E-state index contributed by atoms with van der Waals surface area (Å²) < 4.78 is 28.8. The molecule has 34 heavy (non-hydrogen) atoms. The third-order valence-corrected chi connectivity index (χ3v) is 6.66. The molecule has 2 aliphatic heterocycles. The molecule has 0 radical (unpaired) electrons. The van der Waals surface area contributed by atoms with Gasteiger partial charge >= 0.3 is 6.03 Å². The second kappa shape index (κ2) is 9.50. The summed E-state index contributed by atoms with van der Waals surface area (Å²) in [5.74, 6) is -1.89. The number of halogens is 2. The Morgan fingerprint density at radius 2 is 1.50 bits per heavy atom. The van der Waals surface area contributed by atoms with Crippen LogP contribution >= 0.6 is 0 Å². The Labute approximate surface area is 196 Å². The molecule has 2 aromatic carbocycles. The molecule has 0 aliphatic carbocycles. The molecule has 0 N–H and O–H groups in total. The van der Waals surface area contributed by atoms with Crippen LogP contribution in [0.5, 0.6) is 0 Å². The third kappa shape index (κ3) is 4.40. The van der Waals surface area contributed by atoms with Crippen molar-refractivity contribution in [3.63, 3.8) is 0 Å². The average molecular weight is 468 g/mol. The molecule has 7 nitrogen and oxygen atoms in total. The number of benzene rings is 2. The van der Waals surface area contributed by atoms with E-state index in [4.69, 9.17) is 0 Å². The maximum absolute atomic E-state index is 13.9. The summed E-state index contributed by atoms with van der Waals surface area (Å²) in [5, 5.41) is 5.61. The Kier molecular flexibility index (Phi) is 6.28. The number of nitrogens with zero attached hydrogens (tertiary/aromatic N) is 5. The minimum absolute atomic E-state index is 0.0981. The van der Waals surface area contributed by atoms with Gasteiger partial charge in [-0.2, -0.15) is 5.10 Å². The van der Waals surface area contributed by atoms with Gasteiger partial charge in [-0.15, -0.1) is 0 Å². The molecule has 2 aliphatic rings. The van der Waals surface area contributed by atoms with E-state index >= 15 is 0 Å². The van der Waals surface area contributed by atoms with Gasteiger partial charge in [0.25, 0.3) is 5.56 Å². The summed E-state index contributed by atoms with van der Waals surface area (Å²) in [6.07, 6.45) is 3.29. The lowest BCUT2D eigenvalue weighted by molar-refractivity contribution is 0.0909. The molecule has 9 heteroatoms. The molecule has 2 fully saturated rings. The molecule has 0 saturated carbocycles. The van der Waals surface area contributed by atoms with E-state index in [-0.39, 0.29) is 18.3 Å². The van der Waals surface area contributed by atoms with Crippen LogP contribution in [0.25, 0.3) is 22.0 Å². The smallest absolute Gasteiger partial charge is 0.320 e. The first-order valence-corrected chi connectivity index (χ1v) is 11.7. The zero-order valence-corrected chi connectivity index (χ0v) is 18.9. The quantitative estimate of drug-likeness (QED) is 0.592. The van der Waals surface area contributed by atoms with Crippen molar-refractivity contribution in [3.05, 3.63) is 64.5 Å². The number of fused-ring (bicyclic) bond motifs is 1. The van der Waals surface area contributed by atoms with E-state index in [1.54, 1.807) is 24.3 Å². The maximum Gasteiger partial charge on any atom is 0.320 e. The van der Waals surface area contributed by atoms with Gasteiger partial charge in [0.15, 0.2) is 11.6 Å². The standard InChI is InChI=1S/C25H27F2N5O2/c26-21-9-8-18(16-22(21)27)23-19-6-2-3-7-20(19)24(33)32(28-23)17-29-12-14-31(15-13-29)25(34)30-10-4-1-5-11-30/h2-3,6-9,16H,1,4-5,10-15,17H2. The number of piperazine rings is 1. The van der Waals surface area contributed by atoms with E-state index in [1.165, 1.54) is 17.2 Å². The largest absolute Gasteiger partial charge is 0.325 e. The van der Waals surface area contributed by atoms with Gasteiger partial charge in [0.2, 0.25) is 0 Å². The highest BCUT2D eigenvalue weighted by Gasteiger charge is 2.26. The number of likely N-dealkylation sites (tertiary alicyclic amines) is 1. The Bertz CT molecular complexity index is 1260. The number of hydrogen-bond acceptors (Lipinski definition) is 4. The zero-order valence-electron chi connectivity index (χ0n) is 18.9. The van der Waals surface area contributed by atoms with Gasteiger partial charge in [-0.25, -0.2) is 18.3 Å². The molecule has 0 atom stereocenters. The maximum atomic E-state index is 13.9. The normalized spacial score (nSPS) is 17.4. The van der Waals surface area contributed by atoms with Gasteiger partial charge in [0.05, 0.1) is 17.7 Å². The van der Waals surface area contributed by atoms with Crippen molar-refractivity contribution in [1.82, 2.24) is 24.5 Å². The van der Waals surface area contributed by atoms with Crippen molar-refractivity contribution < 1.29 is 13.6 Å². The number of hydrogen-bond donors (Lipinski definition) is 0. The Morgan fingerprint density at radius 1 is 0.824 bits per heavy atom. The molecule has 0 bridgehead atoms. The average Bonchev–Trinajstić information content (AvgIpc) is 2.88. The lowest BCUT2D eigenvalue weighted by Gasteiger charge is -2.38. The highest BCUT2D eigenvalue weighted by atomic mass is 19.2. The second-order valence-electron chi connectivity index (χ2n) is 8.90. The lowest BCUT2D eigenvalue weighted by atomic mass is 10.0. The highest BCUT2D eigenvalue weighted by molar-refractivity contribution is 5.93. The van der Waals surface area contributed by atoms with Gasteiger partial charge in [-0.1, -0.05) is 18.2 Å². The van der Waals surface area contributed by atoms with Gasteiger partial charge in [0.1, 0.15) is 0 Å². The molecule has 3 heterocycles. The number of aromatic nitrogens is 2. The van der Waals surface area contributed by atoms with Crippen molar-refractivity contribution in [2.75, 3.05) is 39.3 Å². The van der Waals surface area contributed by atoms with Gasteiger partial charge in [-0.3, -0.25) is 9.69 Å². The van der Waals surface area contributed by atoms with Crippen molar-refractivity contribution in [2.45, 2.75) is 25.9 Å². The van der Waals surface area contributed by atoms with Crippen LogP contribution < -0.4 is 5.56 Å². The Hall–Kier alpha value is -3.33. The van der Waals surface area contributed by atoms with Crippen LogP contribution in [-0.4, -0.2) is 69.8 Å². The molecule has 178 valence electrons. The van der Waals surface area contributed by atoms with Crippen LogP contribution in [0.3, 0.4) is 0 Å². The van der Waals surface area contributed by atoms with Gasteiger partial charge < -0.3 is 9.80 Å². The first kappa shape index (κ1) is 22.5. The molecule has 1 aromatic heterocycles. The van der Waals surface area contributed by atoms with Gasteiger partial charge in [0, 0.05) is 50.2 Å². The van der Waals surface area contributed by atoms with E-state index in [1.807, 2.05) is 9.80 Å². The molecular formula is C25H27F2N5O2. The molecule has 2 amide bonds. The Balaban J connectivity index is 1.37. The van der Waals surface area contributed by atoms with Gasteiger partial charge in [-0.05, 0) is 43.5 Å². The number of amides is 2. The fourth-order valence-corrected chi connectivity index (χ4v) is 4.74. The van der Waals surface area contributed by atoms with E-state index < -0.39 is 11.6 Å². The summed E-state index contributed by atoms with van der Waals surface area (Å²) >= 11 is 0. The van der Waals surface area contributed by atoms with Crippen molar-refractivity contribution in [1.29, 1.82) is 0 Å². The second-order valence-corrected chi connectivity index (χ2v) is 8.90. The van der Waals surface area contributed by atoms with Crippen LogP contribution in [0.4, 0.5) is 13.6 Å². The van der Waals surface area contributed by atoms with Crippen molar-refractivity contribution in [2.24, 2.45) is 0 Å². The van der Waals surface area contributed by atoms with E-state index in [0.29, 0.717) is 48.2 Å². The third-order valence-electron chi connectivity index (χ3n) is 6.66. The number of carbonyl (C=O) groups is 1. The topological polar surface area (TPSA) is 61.7 Å². The van der Waals surface area contributed by atoms with E-state index in [0.717, 1.165) is 38.1 Å². The number of urea groups is 1. The van der Waals surface area contributed by atoms with E-state index in [2.05, 4.69) is 10.00 Å². The van der Waals surface area contributed by atoms with Crippen LogP contribution in [0.2, 0.25) is 0 Å². The number of rotatable bonds is 3. The lowest BCUT2D eigenvalue weighted by Crippen LogP contribution is -2.54. The summed E-state index contributed by atoms with van der Waals surface area (Å²) in [7, 11) is 0. The number of piperidine rings is 1. The summed E-state index contributed by atoms with van der Waals surface area (Å²) in [4.78, 5) is 31.8. The molecular weight excluding hydrogens is 440 g/mol. The van der Waals surface area contributed by atoms with Crippen LogP contribution in [0.15, 0.2) is 47.3 Å². The molecule has 0 unspecified atom stereocenters. The molecule has 5 rings (SSSR count). The first-order valence-electron chi connectivity index (χ1n) is 11.7. The first-order chi connectivity index (χ1) is 16.5. The summed E-state index contributed by atoms with van der Waals surface area (Å²) in [6.45, 7) is 4.33. The number of carbonyl (C=O) groups excluding carboxylic acids is 1. The van der Waals surface area contributed by atoms with Crippen molar-refractivity contribution >= 4 is 16.8 Å². The molecule has 0 spiro atoms. The SMILES string of the molecule is O=C(N1CCCCC1)N1CCN(Cn2nc(-c3ccc(F)c(F)c3)c3ccccc3c2=O)CC1. The monoisotopic (exact) mass is 467 g/mol. The fraction of sp³-hybridized carbons (Fsp3) is 0.400. The highest BCUT2D eigenvalue weighted by Crippen LogP contribution is 2.26. The molecule has 3 aromatic rings.